The SMILES string of the molecule is O=C(c1ccccc1)N1CCCN(CCC2CCS(=O)(=O)C2)CC1. The smallest absolute Gasteiger partial charge is 0.253 e. The van der Waals surface area contributed by atoms with Crippen molar-refractivity contribution in [2.75, 3.05) is 44.2 Å². The van der Waals surface area contributed by atoms with Crippen LogP contribution in [0.25, 0.3) is 0 Å². The van der Waals surface area contributed by atoms with Crippen LogP contribution >= 0.6 is 0 Å². The van der Waals surface area contributed by atoms with Crippen molar-refractivity contribution in [3.8, 4) is 0 Å². The largest absolute Gasteiger partial charge is 0.337 e. The van der Waals surface area contributed by atoms with Gasteiger partial charge in [0.05, 0.1) is 11.5 Å². The van der Waals surface area contributed by atoms with Gasteiger partial charge in [-0.2, -0.15) is 0 Å². The maximum Gasteiger partial charge on any atom is 0.253 e. The topological polar surface area (TPSA) is 57.7 Å². The molecule has 0 bridgehead atoms. The Hall–Kier alpha value is -1.40. The highest BCUT2D eigenvalue weighted by molar-refractivity contribution is 7.91. The molecule has 6 heteroatoms. The van der Waals surface area contributed by atoms with E-state index in [1.54, 1.807) is 0 Å². The van der Waals surface area contributed by atoms with E-state index in [-0.39, 0.29) is 5.91 Å². The van der Waals surface area contributed by atoms with Crippen molar-refractivity contribution >= 4 is 15.7 Å². The average molecular weight is 350 g/mol. The molecule has 1 atom stereocenters. The lowest BCUT2D eigenvalue weighted by Crippen LogP contribution is -2.35. The molecule has 132 valence electrons. The highest BCUT2D eigenvalue weighted by atomic mass is 32.2. The Bertz CT molecular complexity index is 660. The van der Waals surface area contributed by atoms with Gasteiger partial charge in [-0.15, -0.1) is 0 Å². The first kappa shape index (κ1) is 17.4. The van der Waals surface area contributed by atoms with Crippen molar-refractivity contribution in [1.82, 2.24) is 9.80 Å². The summed E-state index contributed by atoms with van der Waals surface area (Å²) < 4.78 is 23.1. The number of hydrogen-bond acceptors (Lipinski definition) is 4. The lowest BCUT2D eigenvalue weighted by atomic mass is 10.1. The zero-order valence-corrected chi connectivity index (χ0v) is 14.9. The van der Waals surface area contributed by atoms with Gasteiger partial charge in [-0.05, 0) is 50.4 Å². The van der Waals surface area contributed by atoms with Gasteiger partial charge in [0, 0.05) is 25.2 Å². The molecule has 1 unspecified atom stereocenters. The number of nitrogens with zero attached hydrogens (tertiary/aromatic N) is 2. The molecular weight excluding hydrogens is 324 g/mol. The third kappa shape index (κ3) is 4.57. The summed E-state index contributed by atoms with van der Waals surface area (Å²) in [5.74, 6) is 1.15. The van der Waals surface area contributed by atoms with Crippen molar-refractivity contribution in [3.63, 3.8) is 0 Å². The van der Waals surface area contributed by atoms with Gasteiger partial charge >= 0.3 is 0 Å². The summed E-state index contributed by atoms with van der Waals surface area (Å²) in [7, 11) is -2.78. The lowest BCUT2D eigenvalue weighted by molar-refractivity contribution is 0.0761. The van der Waals surface area contributed by atoms with Gasteiger partial charge in [-0.3, -0.25) is 4.79 Å². The van der Waals surface area contributed by atoms with E-state index < -0.39 is 9.84 Å². The van der Waals surface area contributed by atoms with Crippen LogP contribution in [0.2, 0.25) is 0 Å². The molecule has 2 saturated heterocycles. The zero-order valence-electron chi connectivity index (χ0n) is 14.1. The minimum Gasteiger partial charge on any atom is -0.337 e. The van der Waals surface area contributed by atoms with E-state index in [1.807, 2.05) is 35.2 Å². The second-order valence-electron chi connectivity index (χ2n) is 6.91. The first-order chi connectivity index (χ1) is 11.5. The average Bonchev–Trinajstić information content (AvgIpc) is 2.79. The summed E-state index contributed by atoms with van der Waals surface area (Å²) in [4.78, 5) is 16.9. The van der Waals surface area contributed by atoms with E-state index in [2.05, 4.69) is 4.90 Å². The first-order valence-electron chi connectivity index (χ1n) is 8.80. The molecule has 2 aliphatic rings. The van der Waals surface area contributed by atoms with Gasteiger partial charge in [-0.1, -0.05) is 18.2 Å². The van der Waals surface area contributed by atoms with Crippen molar-refractivity contribution < 1.29 is 13.2 Å². The fraction of sp³-hybridized carbons (Fsp3) is 0.611. The molecule has 0 spiro atoms. The minimum absolute atomic E-state index is 0.110. The standard InChI is InChI=1S/C18H26N2O3S/c21-18(17-5-2-1-3-6-17)20-10-4-9-19(12-13-20)11-7-16-8-14-24(22,23)15-16/h1-3,5-6,16H,4,7-15H2. The Morgan fingerprint density at radius 1 is 1.08 bits per heavy atom. The molecule has 1 amide bonds. The monoisotopic (exact) mass is 350 g/mol. The molecule has 0 radical (unpaired) electrons. The molecule has 0 aromatic heterocycles. The summed E-state index contributed by atoms with van der Waals surface area (Å²) >= 11 is 0. The van der Waals surface area contributed by atoms with Gasteiger partial charge in [0.1, 0.15) is 0 Å². The van der Waals surface area contributed by atoms with Crippen molar-refractivity contribution in [2.45, 2.75) is 19.3 Å². The Morgan fingerprint density at radius 3 is 2.58 bits per heavy atom. The number of benzene rings is 1. The number of carbonyl (C=O) groups excluding carboxylic acids is 1. The van der Waals surface area contributed by atoms with Crippen LogP contribution in [0.5, 0.6) is 0 Å². The van der Waals surface area contributed by atoms with Crippen molar-refractivity contribution in [2.24, 2.45) is 5.92 Å². The van der Waals surface area contributed by atoms with Crippen LogP contribution in [0.3, 0.4) is 0 Å². The van der Waals surface area contributed by atoms with E-state index in [0.717, 1.165) is 57.5 Å². The van der Waals surface area contributed by atoms with E-state index in [4.69, 9.17) is 0 Å². The molecule has 1 aromatic carbocycles. The van der Waals surface area contributed by atoms with Crippen LogP contribution in [-0.2, 0) is 9.84 Å². The highest BCUT2D eigenvalue weighted by Crippen LogP contribution is 2.22. The number of amides is 1. The molecule has 24 heavy (non-hydrogen) atoms. The molecule has 5 nitrogen and oxygen atoms in total. The molecule has 0 saturated carbocycles. The molecular formula is C18H26N2O3S. The van der Waals surface area contributed by atoms with E-state index in [9.17, 15) is 13.2 Å². The van der Waals surface area contributed by atoms with E-state index >= 15 is 0 Å². The van der Waals surface area contributed by atoms with Gasteiger partial charge in [0.25, 0.3) is 5.91 Å². The second-order valence-corrected chi connectivity index (χ2v) is 9.14. The fourth-order valence-corrected chi connectivity index (χ4v) is 5.54. The van der Waals surface area contributed by atoms with E-state index in [1.165, 1.54) is 0 Å². The fourth-order valence-electron chi connectivity index (χ4n) is 3.63. The quantitative estimate of drug-likeness (QED) is 0.829. The molecule has 2 fully saturated rings. The van der Waals surface area contributed by atoms with Crippen molar-refractivity contribution in [3.05, 3.63) is 35.9 Å². The van der Waals surface area contributed by atoms with Gasteiger partial charge in [0.15, 0.2) is 9.84 Å². The Labute approximate surface area is 144 Å². The number of rotatable bonds is 4. The van der Waals surface area contributed by atoms with Crippen LogP contribution in [0.4, 0.5) is 0 Å². The molecule has 1 aromatic rings. The maximum atomic E-state index is 12.5. The number of hydrogen-bond donors (Lipinski definition) is 0. The number of sulfone groups is 1. The zero-order chi connectivity index (χ0) is 17.0. The van der Waals surface area contributed by atoms with Crippen LogP contribution in [0.15, 0.2) is 30.3 Å². The molecule has 0 N–H and O–H groups in total. The van der Waals surface area contributed by atoms with Gasteiger partial charge < -0.3 is 9.80 Å². The van der Waals surface area contributed by atoms with Gasteiger partial charge in [0.2, 0.25) is 0 Å². The number of carbonyl (C=O) groups is 1. The maximum absolute atomic E-state index is 12.5. The van der Waals surface area contributed by atoms with E-state index in [0.29, 0.717) is 17.4 Å². The minimum atomic E-state index is -2.78. The van der Waals surface area contributed by atoms with Crippen molar-refractivity contribution in [1.29, 1.82) is 0 Å². The van der Waals surface area contributed by atoms with Crippen LogP contribution in [0, 0.1) is 5.92 Å². The summed E-state index contributed by atoms with van der Waals surface area (Å²) in [5.41, 5.74) is 0.752. The van der Waals surface area contributed by atoms with Crippen LogP contribution < -0.4 is 0 Å². The summed E-state index contributed by atoms with van der Waals surface area (Å²) in [6, 6.07) is 9.45. The normalized spacial score (nSPS) is 24.7. The summed E-state index contributed by atoms with van der Waals surface area (Å²) in [5, 5.41) is 0. The third-order valence-electron chi connectivity index (χ3n) is 5.08. The predicted octanol–water partition coefficient (Wildman–Crippen LogP) is 1.66. The Morgan fingerprint density at radius 2 is 1.88 bits per heavy atom. The molecule has 0 aliphatic carbocycles. The lowest BCUT2D eigenvalue weighted by Gasteiger charge is -2.23. The Kier molecular flexibility index (Phi) is 5.56. The second kappa shape index (κ2) is 7.66. The summed E-state index contributed by atoms with van der Waals surface area (Å²) in [6.07, 6.45) is 2.74. The first-order valence-corrected chi connectivity index (χ1v) is 10.6. The molecule has 2 heterocycles. The summed E-state index contributed by atoms with van der Waals surface area (Å²) in [6.45, 7) is 4.34. The molecule has 2 aliphatic heterocycles. The highest BCUT2D eigenvalue weighted by Gasteiger charge is 2.28. The third-order valence-corrected chi connectivity index (χ3v) is 6.91. The Balaban J connectivity index is 1.48. The van der Waals surface area contributed by atoms with Crippen LogP contribution in [0.1, 0.15) is 29.6 Å². The van der Waals surface area contributed by atoms with Crippen LogP contribution in [-0.4, -0.2) is 68.4 Å². The molecule has 3 rings (SSSR count). The van der Waals surface area contributed by atoms with Gasteiger partial charge in [-0.25, -0.2) is 8.42 Å². The predicted molar refractivity (Wildman–Crippen MR) is 94.8 cm³/mol.